The molecule has 1 aliphatic heterocycles. The van der Waals surface area contributed by atoms with E-state index in [2.05, 4.69) is 28.9 Å². The number of carboxylic acids is 1. The van der Waals surface area contributed by atoms with Crippen LogP contribution in [0, 0.1) is 6.92 Å². The summed E-state index contributed by atoms with van der Waals surface area (Å²) in [5.41, 5.74) is 3.39. The number of aryl methyl sites for hydroxylation is 1. The number of nitrogens with zero attached hydrogens (tertiary/aromatic N) is 2. The van der Waals surface area contributed by atoms with E-state index in [-0.39, 0.29) is 6.04 Å². The molecule has 1 aliphatic rings. The van der Waals surface area contributed by atoms with Gasteiger partial charge in [-0.3, -0.25) is 14.7 Å². The van der Waals surface area contributed by atoms with Crippen molar-refractivity contribution < 1.29 is 9.90 Å². The van der Waals surface area contributed by atoms with Gasteiger partial charge < -0.3 is 5.11 Å². The van der Waals surface area contributed by atoms with Gasteiger partial charge in [0.05, 0.1) is 6.04 Å². The molecule has 1 fully saturated rings. The van der Waals surface area contributed by atoms with Crippen LogP contribution < -0.4 is 0 Å². The number of likely N-dealkylation sites (tertiary alicyclic amines) is 1. The predicted molar refractivity (Wildman–Crippen MR) is 89.2 cm³/mol. The van der Waals surface area contributed by atoms with Crippen LogP contribution in [-0.2, 0) is 4.79 Å². The van der Waals surface area contributed by atoms with Crippen molar-refractivity contribution in [3.63, 3.8) is 0 Å². The fourth-order valence-corrected chi connectivity index (χ4v) is 3.51. The highest BCUT2D eigenvalue weighted by atomic mass is 16.4. The maximum atomic E-state index is 11.8. The van der Waals surface area contributed by atoms with E-state index in [1.54, 1.807) is 6.20 Å². The lowest BCUT2D eigenvalue weighted by Gasteiger charge is -2.40. The lowest BCUT2D eigenvalue weighted by molar-refractivity contribution is -0.145. The fourth-order valence-electron chi connectivity index (χ4n) is 3.51. The second kappa shape index (κ2) is 6.92. The molecule has 2 unspecified atom stereocenters. The minimum atomic E-state index is -0.729. The second-order valence-electron chi connectivity index (χ2n) is 6.13. The monoisotopic (exact) mass is 310 g/mol. The van der Waals surface area contributed by atoms with Crippen molar-refractivity contribution in [1.29, 1.82) is 0 Å². The highest BCUT2D eigenvalue weighted by Crippen LogP contribution is 2.35. The van der Waals surface area contributed by atoms with Crippen LogP contribution in [0.1, 0.15) is 42.0 Å². The highest BCUT2D eigenvalue weighted by molar-refractivity contribution is 5.73. The van der Waals surface area contributed by atoms with Crippen molar-refractivity contribution in [2.75, 3.05) is 6.54 Å². The van der Waals surface area contributed by atoms with Crippen LogP contribution in [0.25, 0.3) is 0 Å². The molecule has 4 nitrogen and oxygen atoms in total. The van der Waals surface area contributed by atoms with Gasteiger partial charge in [-0.15, -0.1) is 0 Å². The van der Waals surface area contributed by atoms with Gasteiger partial charge in [-0.1, -0.05) is 36.8 Å². The first-order valence-corrected chi connectivity index (χ1v) is 8.12. The van der Waals surface area contributed by atoms with E-state index < -0.39 is 12.0 Å². The average molecular weight is 310 g/mol. The third-order valence-corrected chi connectivity index (χ3v) is 4.64. The van der Waals surface area contributed by atoms with Crippen LogP contribution in [0.2, 0.25) is 0 Å². The lowest BCUT2D eigenvalue weighted by atomic mass is 9.90. The molecule has 1 N–H and O–H groups in total. The summed E-state index contributed by atoms with van der Waals surface area (Å²) in [6, 6.07) is 11.7. The van der Waals surface area contributed by atoms with Crippen molar-refractivity contribution in [1.82, 2.24) is 9.88 Å². The summed E-state index contributed by atoms with van der Waals surface area (Å²) in [4.78, 5) is 18.1. The summed E-state index contributed by atoms with van der Waals surface area (Å²) in [6.07, 6.45) is 6.32. The van der Waals surface area contributed by atoms with Crippen molar-refractivity contribution in [3.8, 4) is 0 Å². The van der Waals surface area contributed by atoms with E-state index in [0.717, 1.165) is 30.5 Å². The summed E-state index contributed by atoms with van der Waals surface area (Å²) < 4.78 is 0. The number of benzene rings is 1. The standard InChI is InChI=1S/C19H22N2O2/c1-14-7-2-3-9-16(14)18(15-8-6-11-20-13-15)21-12-5-4-10-17(21)19(22)23/h2-3,6-9,11,13,17-18H,4-5,10,12H2,1H3,(H,22,23). The maximum absolute atomic E-state index is 11.8. The fraction of sp³-hybridized carbons (Fsp3) is 0.368. The van der Waals surface area contributed by atoms with E-state index in [0.29, 0.717) is 6.42 Å². The van der Waals surface area contributed by atoms with Crippen LogP contribution in [-0.4, -0.2) is 33.5 Å². The Morgan fingerprint density at radius 3 is 2.78 bits per heavy atom. The smallest absolute Gasteiger partial charge is 0.320 e. The van der Waals surface area contributed by atoms with Gasteiger partial charge in [0.1, 0.15) is 6.04 Å². The molecule has 1 aromatic heterocycles. The van der Waals surface area contributed by atoms with Gasteiger partial charge in [0, 0.05) is 12.4 Å². The number of carbonyl (C=O) groups is 1. The number of hydrogen-bond acceptors (Lipinski definition) is 3. The van der Waals surface area contributed by atoms with Crippen LogP contribution in [0.5, 0.6) is 0 Å². The molecule has 23 heavy (non-hydrogen) atoms. The van der Waals surface area contributed by atoms with Gasteiger partial charge in [-0.25, -0.2) is 0 Å². The lowest BCUT2D eigenvalue weighted by Crippen LogP contribution is -2.47. The molecule has 0 bridgehead atoms. The van der Waals surface area contributed by atoms with Crippen LogP contribution >= 0.6 is 0 Å². The topological polar surface area (TPSA) is 53.4 Å². The van der Waals surface area contributed by atoms with Crippen molar-refractivity contribution in [2.24, 2.45) is 0 Å². The molecule has 1 saturated heterocycles. The molecule has 4 heteroatoms. The Bertz CT molecular complexity index is 672. The molecule has 2 aromatic rings. The summed E-state index contributed by atoms with van der Waals surface area (Å²) in [7, 11) is 0. The third kappa shape index (κ3) is 3.27. The van der Waals surface area contributed by atoms with E-state index in [1.807, 2.05) is 30.5 Å². The quantitative estimate of drug-likeness (QED) is 0.940. The molecule has 0 aliphatic carbocycles. The van der Waals surface area contributed by atoms with E-state index >= 15 is 0 Å². The number of hydrogen-bond donors (Lipinski definition) is 1. The van der Waals surface area contributed by atoms with E-state index in [4.69, 9.17) is 0 Å². The zero-order valence-electron chi connectivity index (χ0n) is 13.4. The largest absolute Gasteiger partial charge is 0.480 e. The Balaban J connectivity index is 2.08. The van der Waals surface area contributed by atoms with E-state index in [9.17, 15) is 9.90 Å². The zero-order chi connectivity index (χ0) is 16.2. The summed E-state index contributed by atoms with van der Waals surface area (Å²) in [5.74, 6) is -0.729. The number of carboxylic acid groups (broad SMARTS) is 1. The Morgan fingerprint density at radius 2 is 2.09 bits per heavy atom. The van der Waals surface area contributed by atoms with E-state index in [1.165, 1.54) is 5.56 Å². The summed E-state index contributed by atoms with van der Waals surface area (Å²) in [5, 5.41) is 9.66. The summed E-state index contributed by atoms with van der Waals surface area (Å²) >= 11 is 0. The zero-order valence-corrected chi connectivity index (χ0v) is 13.4. The number of aliphatic carboxylic acids is 1. The number of rotatable bonds is 4. The van der Waals surface area contributed by atoms with Gasteiger partial charge >= 0.3 is 5.97 Å². The van der Waals surface area contributed by atoms with Crippen LogP contribution in [0.4, 0.5) is 0 Å². The first-order chi connectivity index (χ1) is 11.2. The first-order valence-electron chi connectivity index (χ1n) is 8.12. The molecule has 2 atom stereocenters. The molecule has 2 heterocycles. The molecule has 3 rings (SSSR count). The summed E-state index contributed by atoms with van der Waals surface area (Å²) in [6.45, 7) is 2.88. The predicted octanol–water partition coefficient (Wildman–Crippen LogP) is 3.42. The Morgan fingerprint density at radius 1 is 1.26 bits per heavy atom. The molecule has 0 spiro atoms. The van der Waals surface area contributed by atoms with Gasteiger partial charge in [0.2, 0.25) is 0 Å². The minimum Gasteiger partial charge on any atom is -0.480 e. The van der Waals surface area contributed by atoms with Crippen LogP contribution in [0.3, 0.4) is 0 Å². The molecule has 1 aromatic carbocycles. The molecule has 0 amide bonds. The molecule has 120 valence electrons. The van der Waals surface area contributed by atoms with Gasteiger partial charge in [-0.2, -0.15) is 0 Å². The van der Waals surface area contributed by atoms with Gasteiger partial charge in [-0.05, 0) is 49.1 Å². The Kier molecular flexibility index (Phi) is 4.72. The van der Waals surface area contributed by atoms with Crippen LogP contribution in [0.15, 0.2) is 48.8 Å². The third-order valence-electron chi connectivity index (χ3n) is 4.64. The number of pyridine rings is 1. The van der Waals surface area contributed by atoms with Crippen molar-refractivity contribution in [2.45, 2.75) is 38.3 Å². The Labute approximate surface area is 136 Å². The molecular formula is C19H22N2O2. The number of piperidine rings is 1. The molecular weight excluding hydrogens is 288 g/mol. The van der Waals surface area contributed by atoms with Crippen molar-refractivity contribution in [3.05, 3.63) is 65.5 Å². The highest BCUT2D eigenvalue weighted by Gasteiger charge is 2.35. The normalized spacial score (nSPS) is 20.1. The average Bonchev–Trinajstić information content (AvgIpc) is 2.58. The van der Waals surface area contributed by atoms with Gasteiger partial charge in [0.25, 0.3) is 0 Å². The Hall–Kier alpha value is -2.20. The maximum Gasteiger partial charge on any atom is 0.320 e. The molecule has 0 saturated carbocycles. The second-order valence-corrected chi connectivity index (χ2v) is 6.13. The van der Waals surface area contributed by atoms with Crippen molar-refractivity contribution >= 4 is 5.97 Å². The first kappa shape index (κ1) is 15.7. The van der Waals surface area contributed by atoms with Gasteiger partial charge in [0.15, 0.2) is 0 Å². The number of aromatic nitrogens is 1. The SMILES string of the molecule is Cc1ccccc1C(c1cccnc1)N1CCCCC1C(=O)O. The molecule has 0 radical (unpaired) electrons. The minimum absolute atomic E-state index is 0.0636.